The van der Waals surface area contributed by atoms with E-state index in [9.17, 15) is 18.0 Å². The van der Waals surface area contributed by atoms with Crippen LogP contribution < -0.4 is 11.2 Å². The monoisotopic (exact) mass is 326 g/mol. The van der Waals surface area contributed by atoms with E-state index >= 15 is 0 Å². The molecule has 0 saturated heterocycles. The van der Waals surface area contributed by atoms with Crippen molar-refractivity contribution in [1.29, 1.82) is 5.26 Å². The Morgan fingerprint density at radius 3 is 2.76 bits per heavy atom. The minimum Gasteiger partial charge on any atom is -0.295 e. The van der Waals surface area contributed by atoms with E-state index in [1.807, 2.05) is 11.1 Å². The van der Waals surface area contributed by atoms with Crippen LogP contribution in [0.5, 0.6) is 0 Å². The first-order valence-electron chi connectivity index (χ1n) is 5.45. The fourth-order valence-corrected chi connectivity index (χ4v) is 2.47. The summed E-state index contributed by atoms with van der Waals surface area (Å²) in [5, 5.41) is 8.74. The maximum Gasteiger partial charge on any atom is 0.328 e. The molecule has 2 heterocycles. The molecule has 0 atom stereocenters. The van der Waals surface area contributed by atoms with Gasteiger partial charge in [0.1, 0.15) is 11.8 Å². The maximum absolute atomic E-state index is 11.7. The van der Waals surface area contributed by atoms with Crippen molar-refractivity contribution in [2.75, 3.05) is 0 Å². The van der Waals surface area contributed by atoms with Crippen molar-refractivity contribution in [3.05, 3.63) is 56.6 Å². The van der Waals surface area contributed by atoms with Gasteiger partial charge in [0.05, 0.1) is 6.54 Å². The molecule has 0 amide bonds. The van der Waals surface area contributed by atoms with Crippen LogP contribution in [0.25, 0.3) is 0 Å². The van der Waals surface area contributed by atoms with E-state index in [-0.39, 0.29) is 12.2 Å². The van der Waals surface area contributed by atoms with Gasteiger partial charge in [-0.3, -0.25) is 14.3 Å². The highest BCUT2D eigenvalue weighted by molar-refractivity contribution is 8.13. The largest absolute Gasteiger partial charge is 0.328 e. The number of rotatable bonds is 3. The summed E-state index contributed by atoms with van der Waals surface area (Å²) >= 11 is 0. The Morgan fingerprint density at radius 2 is 2.14 bits per heavy atom. The first-order chi connectivity index (χ1) is 9.81. The number of H-pyrrole nitrogens is 1. The second-order valence-corrected chi connectivity index (χ2v) is 6.51. The zero-order valence-corrected chi connectivity index (χ0v) is 11.8. The summed E-state index contributed by atoms with van der Waals surface area (Å²) in [4.78, 5) is 28.0. The summed E-state index contributed by atoms with van der Waals surface area (Å²) in [7, 11) is 0.849. The second-order valence-electron chi connectivity index (χ2n) is 3.98. The third kappa shape index (κ3) is 3.36. The molecule has 1 N–H and O–H groups in total. The molecule has 0 unspecified atom stereocenters. The summed E-state index contributed by atoms with van der Waals surface area (Å²) in [6.45, 7) is -0.0494. The Hall–Kier alpha value is -2.44. The molecule has 2 rings (SSSR count). The number of nitrogens with zero attached hydrogens (tertiary/aromatic N) is 3. The predicted molar refractivity (Wildman–Crippen MR) is 72.4 cm³/mol. The van der Waals surface area contributed by atoms with Crippen LogP contribution in [0.1, 0.15) is 11.3 Å². The van der Waals surface area contributed by atoms with Crippen molar-refractivity contribution in [2.24, 2.45) is 0 Å². The fourth-order valence-electron chi connectivity index (χ4n) is 1.61. The molecule has 0 radical (unpaired) electrons. The first kappa shape index (κ1) is 15.0. The number of pyridine rings is 1. The van der Waals surface area contributed by atoms with Gasteiger partial charge in [-0.15, -0.1) is 0 Å². The molecule has 0 aliphatic rings. The Labute approximate surface area is 122 Å². The van der Waals surface area contributed by atoms with Gasteiger partial charge in [0.2, 0.25) is 0 Å². The van der Waals surface area contributed by atoms with Crippen LogP contribution in [0, 0.1) is 11.3 Å². The number of halogens is 1. The molecule has 0 saturated carbocycles. The van der Waals surface area contributed by atoms with E-state index in [0.29, 0.717) is 5.56 Å². The molecule has 2 aromatic rings. The minimum atomic E-state index is -4.27. The van der Waals surface area contributed by atoms with E-state index in [0.717, 1.165) is 10.8 Å². The summed E-state index contributed by atoms with van der Waals surface area (Å²) < 4.78 is 23.5. The third-order valence-corrected chi connectivity index (χ3v) is 3.85. The van der Waals surface area contributed by atoms with Crippen LogP contribution in [-0.4, -0.2) is 23.0 Å². The number of hydrogen-bond acceptors (Lipinski definition) is 6. The predicted octanol–water partition coefficient (Wildman–Crippen LogP) is -0.221. The summed E-state index contributed by atoms with van der Waals surface area (Å²) in [6.07, 6.45) is 2.24. The highest BCUT2D eigenvalue weighted by Gasteiger charge is 2.17. The first-order valence-corrected chi connectivity index (χ1v) is 7.75. The lowest BCUT2D eigenvalue weighted by Crippen LogP contribution is -2.32. The maximum atomic E-state index is 11.7. The molecular weight excluding hydrogens is 320 g/mol. The van der Waals surface area contributed by atoms with Gasteiger partial charge in [0.15, 0.2) is 4.90 Å². The van der Waals surface area contributed by atoms with Gasteiger partial charge in [-0.2, -0.15) is 5.26 Å². The van der Waals surface area contributed by atoms with Crippen LogP contribution >= 0.6 is 10.7 Å². The Balaban J connectivity index is 2.53. The molecule has 0 aromatic carbocycles. The highest BCUT2D eigenvalue weighted by Crippen LogP contribution is 2.09. The molecular formula is C11H7ClN4O4S. The number of aromatic amines is 1. The topological polar surface area (TPSA) is 126 Å². The van der Waals surface area contributed by atoms with Gasteiger partial charge < -0.3 is 0 Å². The van der Waals surface area contributed by atoms with Crippen LogP contribution in [0.15, 0.2) is 39.0 Å². The van der Waals surface area contributed by atoms with Gasteiger partial charge in [0.25, 0.3) is 14.6 Å². The van der Waals surface area contributed by atoms with E-state index in [1.54, 1.807) is 6.07 Å². The molecule has 8 nitrogen and oxygen atoms in total. The van der Waals surface area contributed by atoms with E-state index in [2.05, 4.69) is 4.98 Å². The molecule has 0 spiro atoms. The molecule has 0 aliphatic carbocycles. The normalized spacial score (nSPS) is 11.0. The molecule has 0 aliphatic heterocycles. The summed E-state index contributed by atoms with van der Waals surface area (Å²) in [6, 6.07) is 4.82. The number of aromatic nitrogens is 3. The number of hydrogen-bond donors (Lipinski definition) is 1. The smallest absolute Gasteiger partial charge is 0.295 e. The van der Waals surface area contributed by atoms with Gasteiger partial charge in [-0.05, 0) is 17.7 Å². The zero-order valence-electron chi connectivity index (χ0n) is 10.3. The van der Waals surface area contributed by atoms with Crippen LogP contribution in [0.2, 0.25) is 0 Å². The van der Waals surface area contributed by atoms with Crippen molar-refractivity contribution in [3.63, 3.8) is 0 Å². The molecule has 0 bridgehead atoms. The number of nitrogens with one attached hydrogen (secondary N) is 1. The van der Waals surface area contributed by atoms with Crippen molar-refractivity contribution in [2.45, 2.75) is 11.4 Å². The quantitative estimate of drug-likeness (QED) is 0.777. The Morgan fingerprint density at radius 1 is 1.43 bits per heavy atom. The van der Waals surface area contributed by atoms with Crippen molar-refractivity contribution < 1.29 is 8.42 Å². The van der Waals surface area contributed by atoms with Crippen molar-refractivity contribution >= 4 is 19.7 Å². The van der Waals surface area contributed by atoms with Crippen molar-refractivity contribution in [1.82, 2.24) is 14.5 Å². The van der Waals surface area contributed by atoms with Gasteiger partial charge >= 0.3 is 5.69 Å². The summed E-state index contributed by atoms with van der Waals surface area (Å²) in [5.74, 6) is 0. The SMILES string of the molecule is N#Cc1cc(Cn2cc(S(=O)(=O)Cl)c(=O)[nH]c2=O)ccn1. The standard InChI is InChI=1S/C11H7ClN4O4S/c12-21(19,20)9-6-16(11(18)15-10(9)17)5-7-1-2-14-8(3-7)4-13/h1-3,6H,5H2,(H,15,17,18). The third-order valence-electron chi connectivity index (χ3n) is 2.53. The van der Waals surface area contributed by atoms with E-state index < -0.39 is 25.2 Å². The van der Waals surface area contributed by atoms with Crippen LogP contribution in [0.3, 0.4) is 0 Å². The lowest BCUT2D eigenvalue weighted by atomic mass is 10.2. The van der Waals surface area contributed by atoms with Crippen LogP contribution in [0.4, 0.5) is 0 Å². The van der Waals surface area contributed by atoms with E-state index in [4.69, 9.17) is 15.9 Å². The minimum absolute atomic E-state index is 0.0494. The Bertz CT molecular complexity index is 955. The van der Waals surface area contributed by atoms with Crippen molar-refractivity contribution in [3.8, 4) is 6.07 Å². The molecule has 2 aromatic heterocycles. The van der Waals surface area contributed by atoms with Gasteiger partial charge in [-0.25, -0.2) is 18.2 Å². The average molecular weight is 327 g/mol. The highest BCUT2D eigenvalue weighted by atomic mass is 35.7. The van der Waals surface area contributed by atoms with Crippen LogP contribution in [-0.2, 0) is 15.6 Å². The lowest BCUT2D eigenvalue weighted by molar-refractivity contribution is 0.603. The molecule has 108 valence electrons. The van der Waals surface area contributed by atoms with E-state index in [1.165, 1.54) is 12.3 Å². The van der Waals surface area contributed by atoms with Gasteiger partial charge in [0, 0.05) is 23.1 Å². The molecule has 0 fully saturated rings. The summed E-state index contributed by atoms with van der Waals surface area (Å²) in [5.41, 5.74) is -1.19. The number of nitriles is 1. The molecule has 21 heavy (non-hydrogen) atoms. The second kappa shape index (κ2) is 5.51. The van der Waals surface area contributed by atoms with Gasteiger partial charge in [-0.1, -0.05) is 0 Å². The molecule has 10 heteroatoms. The average Bonchev–Trinajstić information content (AvgIpc) is 2.40. The fraction of sp³-hybridized carbons (Fsp3) is 0.0909. The Kier molecular flexibility index (Phi) is 3.93. The lowest BCUT2D eigenvalue weighted by Gasteiger charge is -2.06. The zero-order chi connectivity index (χ0) is 15.6.